The summed E-state index contributed by atoms with van der Waals surface area (Å²) in [6, 6.07) is 17.2. The standard InChI is InChI=1S/C28H28FN7O5S/c1-41-21-9-5-19(6-10-21)16-35-26(33-27(37)36(28(35)38)17-18-3-7-20(29)8-4-18)31-13-14-34-24-15-22(42(2,39)40)11-12-23(24)32-25(34)30/h3-12,15H,13-14,16-17H2,1-2H3,(H2,30,32)(H,31,33,37). The zero-order chi connectivity index (χ0) is 30.0. The van der Waals surface area contributed by atoms with Gasteiger partial charge in [0.05, 0.1) is 36.1 Å². The molecule has 0 spiro atoms. The van der Waals surface area contributed by atoms with E-state index < -0.39 is 27.0 Å². The maximum atomic E-state index is 13.6. The van der Waals surface area contributed by atoms with E-state index in [0.717, 1.165) is 16.4 Å². The first-order valence-corrected chi connectivity index (χ1v) is 14.7. The molecule has 42 heavy (non-hydrogen) atoms. The Kier molecular flexibility index (Phi) is 7.81. The van der Waals surface area contributed by atoms with Crippen LogP contribution >= 0.6 is 0 Å². The Bertz CT molecular complexity index is 1980. The molecule has 3 aromatic carbocycles. The van der Waals surface area contributed by atoms with E-state index >= 15 is 0 Å². The van der Waals surface area contributed by atoms with Gasteiger partial charge in [0.15, 0.2) is 9.84 Å². The minimum Gasteiger partial charge on any atom is -0.497 e. The van der Waals surface area contributed by atoms with E-state index in [1.807, 2.05) is 0 Å². The Balaban J connectivity index is 1.47. The smallest absolute Gasteiger partial charge is 0.355 e. The minimum absolute atomic E-state index is 0.0380. The monoisotopic (exact) mass is 593 g/mol. The van der Waals surface area contributed by atoms with Gasteiger partial charge in [0.25, 0.3) is 0 Å². The lowest BCUT2D eigenvalue weighted by molar-refractivity contribution is 0.414. The third-order valence-electron chi connectivity index (χ3n) is 6.70. The molecule has 0 atom stereocenters. The molecule has 5 rings (SSSR count). The molecule has 0 radical (unpaired) electrons. The summed E-state index contributed by atoms with van der Waals surface area (Å²) in [7, 11) is -1.90. The number of nitrogens with one attached hydrogen (secondary N) is 1. The fraction of sp³-hybridized carbons (Fsp3) is 0.214. The molecule has 0 amide bonds. The van der Waals surface area contributed by atoms with Crippen molar-refractivity contribution < 1.29 is 17.5 Å². The Labute approximate surface area is 239 Å². The van der Waals surface area contributed by atoms with Gasteiger partial charge >= 0.3 is 11.4 Å². The lowest BCUT2D eigenvalue weighted by Gasteiger charge is -2.16. The van der Waals surface area contributed by atoms with Gasteiger partial charge in [0.2, 0.25) is 11.9 Å². The highest BCUT2D eigenvalue weighted by Crippen LogP contribution is 2.22. The van der Waals surface area contributed by atoms with Crippen molar-refractivity contribution in [3.05, 3.63) is 105 Å². The summed E-state index contributed by atoms with van der Waals surface area (Å²) < 4.78 is 46.7. The predicted molar refractivity (Wildman–Crippen MR) is 156 cm³/mol. The molecule has 0 saturated carbocycles. The van der Waals surface area contributed by atoms with Crippen molar-refractivity contribution in [2.75, 3.05) is 31.0 Å². The molecule has 2 aromatic heterocycles. The first-order chi connectivity index (χ1) is 20.0. The molecule has 0 fully saturated rings. The zero-order valence-electron chi connectivity index (χ0n) is 22.8. The van der Waals surface area contributed by atoms with Crippen LogP contribution in [0, 0.1) is 5.82 Å². The highest BCUT2D eigenvalue weighted by molar-refractivity contribution is 7.90. The number of methoxy groups -OCH3 is 1. The Morgan fingerprint density at radius 1 is 0.905 bits per heavy atom. The van der Waals surface area contributed by atoms with Crippen LogP contribution in [0.1, 0.15) is 11.1 Å². The number of fused-ring (bicyclic) bond motifs is 1. The van der Waals surface area contributed by atoms with Gasteiger partial charge in [-0.1, -0.05) is 24.3 Å². The van der Waals surface area contributed by atoms with E-state index in [4.69, 9.17) is 10.5 Å². The fourth-order valence-corrected chi connectivity index (χ4v) is 5.14. The number of benzene rings is 3. The van der Waals surface area contributed by atoms with Crippen LogP contribution in [0.4, 0.5) is 16.3 Å². The summed E-state index contributed by atoms with van der Waals surface area (Å²) in [4.78, 5) is 35.2. The topological polar surface area (TPSA) is 156 Å². The van der Waals surface area contributed by atoms with Gasteiger partial charge in [-0.2, -0.15) is 4.98 Å². The number of anilines is 2. The number of halogens is 1. The molecule has 2 heterocycles. The van der Waals surface area contributed by atoms with Crippen molar-refractivity contribution in [2.45, 2.75) is 24.5 Å². The molecule has 0 unspecified atom stereocenters. The quantitative estimate of drug-likeness (QED) is 0.248. The molecule has 3 N–H and O–H groups in total. The van der Waals surface area contributed by atoms with Crippen LogP contribution < -0.4 is 27.2 Å². The predicted octanol–water partition coefficient (Wildman–Crippen LogP) is 2.10. The molecule has 0 bridgehead atoms. The number of sulfone groups is 1. The van der Waals surface area contributed by atoms with Crippen LogP contribution in [0.2, 0.25) is 0 Å². The summed E-state index contributed by atoms with van der Waals surface area (Å²) in [6.45, 7) is 0.408. The molecule has 0 saturated heterocycles. The third kappa shape index (κ3) is 6.02. The molecular formula is C28H28FN7O5S. The van der Waals surface area contributed by atoms with Crippen LogP contribution in [0.5, 0.6) is 5.75 Å². The Morgan fingerprint density at radius 3 is 2.19 bits per heavy atom. The maximum absolute atomic E-state index is 13.6. The number of nitrogens with two attached hydrogens (primary N) is 1. The molecule has 0 aliphatic heterocycles. The van der Waals surface area contributed by atoms with Crippen molar-refractivity contribution in [1.82, 2.24) is 23.7 Å². The van der Waals surface area contributed by atoms with Crippen LogP contribution in [-0.4, -0.2) is 52.0 Å². The number of nitrogens with zero attached hydrogens (tertiary/aromatic N) is 5. The summed E-state index contributed by atoms with van der Waals surface area (Å²) >= 11 is 0. The van der Waals surface area contributed by atoms with Gasteiger partial charge in [0, 0.05) is 19.3 Å². The van der Waals surface area contributed by atoms with Crippen LogP contribution in [0.3, 0.4) is 0 Å². The lowest BCUT2D eigenvalue weighted by atomic mass is 10.2. The molecule has 218 valence electrons. The SMILES string of the molecule is COc1ccc(Cn2c(NCCn3c(N)nc4ccc(S(C)(=O)=O)cc43)nc(=O)n(Cc3ccc(F)cc3)c2=O)cc1. The minimum atomic E-state index is -3.45. The van der Waals surface area contributed by atoms with E-state index in [1.54, 1.807) is 42.0 Å². The number of aromatic nitrogens is 5. The van der Waals surface area contributed by atoms with E-state index in [0.29, 0.717) is 22.3 Å². The molecule has 5 aromatic rings. The Hall–Kier alpha value is -4.98. The van der Waals surface area contributed by atoms with E-state index in [9.17, 15) is 22.4 Å². The number of nitrogen functional groups attached to an aromatic ring is 1. The second kappa shape index (κ2) is 11.5. The lowest BCUT2D eigenvalue weighted by Crippen LogP contribution is -2.43. The molecule has 14 heteroatoms. The van der Waals surface area contributed by atoms with Gasteiger partial charge < -0.3 is 20.4 Å². The van der Waals surface area contributed by atoms with Gasteiger partial charge in [-0.15, -0.1) is 0 Å². The van der Waals surface area contributed by atoms with Crippen molar-refractivity contribution in [3.63, 3.8) is 0 Å². The van der Waals surface area contributed by atoms with Crippen molar-refractivity contribution in [3.8, 4) is 5.75 Å². The number of hydrogen-bond acceptors (Lipinski definition) is 9. The number of imidazole rings is 1. The second-order valence-electron chi connectivity index (χ2n) is 9.62. The normalized spacial score (nSPS) is 11.6. The molecule has 12 nitrogen and oxygen atoms in total. The number of ether oxygens (including phenoxy) is 1. The van der Waals surface area contributed by atoms with Crippen molar-refractivity contribution in [1.29, 1.82) is 0 Å². The van der Waals surface area contributed by atoms with Gasteiger partial charge in [-0.05, 0) is 53.6 Å². The van der Waals surface area contributed by atoms with E-state index in [1.165, 1.54) is 41.0 Å². The largest absolute Gasteiger partial charge is 0.497 e. The fourth-order valence-electron chi connectivity index (χ4n) is 4.49. The molecule has 0 aliphatic carbocycles. The van der Waals surface area contributed by atoms with Crippen molar-refractivity contribution in [2.24, 2.45) is 0 Å². The average Bonchev–Trinajstić information content (AvgIpc) is 3.28. The Morgan fingerprint density at radius 2 is 1.55 bits per heavy atom. The van der Waals surface area contributed by atoms with Crippen LogP contribution in [-0.2, 0) is 29.5 Å². The first-order valence-electron chi connectivity index (χ1n) is 12.8. The summed E-state index contributed by atoms with van der Waals surface area (Å²) in [5, 5.41) is 3.05. The number of hydrogen-bond donors (Lipinski definition) is 2. The van der Waals surface area contributed by atoms with Gasteiger partial charge in [-0.3, -0.25) is 4.57 Å². The highest BCUT2D eigenvalue weighted by atomic mass is 32.2. The third-order valence-corrected chi connectivity index (χ3v) is 7.81. The van der Waals surface area contributed by atoms with Crippen LogP contribution in [0.25, 0.3) is 11.0 Å². The van der Waals surface area contributed by atoms with E-state index in [2.05, 4.69) is 15.3 Å². The summed E-state index contributed by atoms with van der Waals surface area (Å²) in [5.41, 5.74) is 7.10. The zero-order valence-corrected chi connectivity index (χ0v) is 23.6. The molecular weight excluding hydrogens is 565 g/mol. The second-order valence-corrected chi connectivity index (χ2v) is 11.6. The summed E-state index contributed by atoms with van der Waals surface area (Å²) in [6.07, 6.45) is 1.12. The maximum Gasteiger partial charge on any atom is 0.355 e. The van der Waals surface area contributed by atoms with Gasteiger partial charge in [0.1, 0.15) is 11.6 Å². The molecule has 0 aliphatic rings. The van der Waals surface area contributed by atoms with E-state index in [-0.39, 0.29) is 43.0 Å². The highest BCUT2D eigenvalue weighted by Gasteiger charge is 2.16. The van der Waals surface area contributed by atoms with Crippen molar-refractivity contribution >= 4 is 32.8 Å². The summed E-state index contributed by atoms with van der Waals surface area (Å²) in [5.74, 6) is 0.430. The average molecular weight is 594 g/mol. The van der Waals surface area contributed by atoms with Gasteiger partial charge in [-0.25, -0.2) is 31.9 Å². The number of rotatable bonds is 10. The van der Waals surface area contributed by atoms with Crippen LogP contribution in [0.15, 0.2) is 81.2 Å². The first kappa shape index (κ1) is 28.5.